The number of fused-ring (bicyclic) bond motifs is 1. The summed E-state index contributed by atoms with van der Waals surface area (Å²) in [4.78, 5) is 24.6. The Hall–Kier alpha value is -3.02. The van der Waals surface area contributed by atoms with E-state index in [2.05, 4.69) is 10.9 Å². The first-order valence-electron chi connectivity index (χ1n) is 8.51. The van der Waals surface area contributed by atoms with E-state index in [1.165, 1.54) is 6.08 Å². The largest absolute Gasteiger partial charge is 0.422 e. The molecule has 26 heavy (non-hydrogen) atoms. The van der Waals surface area contributed by atoms with Gasteiger partial charge in [0.2, 0.25) is 0 Å². The number of hydrazine groups is 1. The predicted molar refractivity (Wildman–Crippen MR) is 99.8 cm³/mol. The Kier molecular flexibility index (Phi) is 4.48. The van der Waals surface area contributed by atoms with Gasteiger partial charge in [-0.2, -0.15) is 0 Å². The molecular weight excluding hydrogens is 328 g/mol. The van der Waals surface area contributed by atoms with Gasteiger partial charge in [0.25, 0.3) is 0 Å². The minimum Gasteiger partial charge on any atom is -0.422 e. The first kappa shape index (κ1) is 16.4. The Morgan fingerprint density at radius 1 is 1.08 bits per heavy atom. The number of hydrogen-bond acceptors (Lipinski definition) is 5. The first-order chi connectivity index (χ1) is 12.7. The number of carbonyl (C=O) groups excluding carboxylic acids is 1. The molecule has 130 valence electrons. The third kappa shape index (κ3) is 3.22. The monoisotopic (exact) mass is 346 g/mol. The van der Waals surface area contributed by atoms with Crippen LogP contribution >= 0.6 is 0 Å². The lowest BCUT2D eigenvalue weighted by atomic mass is 9.94. The summed E-state index contributed by atoms with van der Waals surface area (Å²) in [5.41, 5.74) is 7.42. The van der Waals surface area contributed by atoms with Crippen molar-refractivity contribution >= 4 is 16.8 Å². The second-order valence-corrected chi connectivity index (χ2v) is 6.29. The Morgan fingerprint density at radius 3 is 2.69 bits per heavy atom. The van der Waals surface area contributed by atoms with Crippen LogP contribution < -0.4 is 16.5 Å². The van der Waals surface area contributed by atoms with Crippen LogP contribution in [0.3, 0.4) is 0 Å². The molecule has 1 aliphatic heterocycles. The second kappa shape index (κ2) is 7.07. The minimum atomic E-state index is -0.611. The second-order valence-electron chi connectivity index (χ2n) is 6.29. The average Bonchev–Trinajstić information content (AvgIpc) is 3.15. The molecule has 2 N–H and O–H groups in total. The molecular formula is C21H18N2O3. The van der Waals surface area contributed by atoms with Crippen molar-refractivity contribution in [1.82, 2.24) is 10.9 Å². The van der Waals surface area contributed by atoms with Crippen molar-refractivity contribution in [1.29, 1.82) is 0 Å². The summed E-state index contributed by atoms with van der Waals surface area (Å²) in [5, 5.41) is 0.732. The van der Waals surface area contributed by atoms with Gasteiger partial charge in [-0.3, -0.25) is 10.2 Å². The van der Waals surface area contributed by atoms with Crippen LogP contribution in [0, 0.1) is 5.92 Å². The van der Waals surface area contributed by atoms with E-state index in [0.717, 1.165) is 10.9 Å². The quantitative estimate of drug-likeness (QED) is 0.432. The minimum absolute atomic E-state index is 0.0510. The molecule has 0 radical (unpaired) electrons. The fourth-order valence-electron chi connectivity index (χ4n) is 3.22. The van der Waals surface area contributed by atoms with Crippen molar-refractivity contribution in [2.75, 3.05) is 6.54 Å². The molecule has 5 heteroatoms. The van der Waals surface area contributed by atoms with Gasteiger partial charge >= 0.3 is 5.63 Å². The van der Waals surface area contributed by atoms with Crippen LogP contribution in [0.5, 0.6) is 0 Å². The van der Waals surface area contributed by atoms with E-state index in [-0.39, 0.29) is 23.3 Å². The van der Waals surface area contributed by atoms with Crippen molar-refractivity contribution in [3.05, 3.63) is 94.4 Å². The van der Waals surface area contributed by atoms with Crippen molar-refractivity contribution in [2.24, 2.45) is 5.92 Å². The number of rotatable bonds is 4. The van der Waals surface area contributed by atoms with Crippen LogP contribution in [-0.4, -0.2) is 12.3 Å². The van der Waals surface area contributed by atoms with Crippen LogP contribution in [0.1, 0.15) is 22.0 Å². The summed E-state index contributed by atoms with van der Waals surface area (Å²) in [6.07, 6.45) is 3.32. The van der Waals surface area contributed by atoms with Crippen molar-refractivity contribution in [3.8, 4) is 0 Å². The fourth-order valence-corrected chi connectivity index (χ4v) is 3.22. The van der Waals surface area contributed by atoms with Gasteiger partial charge in [0.1, 0.15) is 11.1 Å². The van der Waals surface area contributed by atoms with E-state index in [1.807, 2.05) is 48.5 Å². The number of allylic oxidation sites excluding steroid dienone is 1. The van der Waals surface area contributed by atoms with Crippen LogP contribution in [0.25, 0.3) is 11.0 Å². The maximum Gasteiger partial charge on any atom is 0.347 e. The molecule has 0 saturated carbocycles. The Morgan fingerprint density at radius 2 is 1.85 bits per heavy atom. The summed E-state index contributed by atoms with van der Waals surface area (Å²) in [6, 6.07) is 18.9. The lowest BCUT2D eigenvalue weighted by Gasteiger charge is -2.15. The number of carbonyl (C=O) groups is 1. The summed E-state index contributed by atoms with van der Waals surface area (Å²) in [5.74, 6) is -0.239. The average molecular weight is 346 g/mol. The number of nitrogens with one attached hydrogen (secondary N) is 2. The zero-order chi connectivity index (χ0) is 17.9. The lowest BCUT2D eigenvalue weighted by Crippen LogP contribution is -2.24. The highest BCUT2D eigenvalue weighted by Crippen LogP contribution is 2.25. The highest BCUT2D eigenvalue weighted by molar-refractivity contribution is 6.05. The van der Waals surface area contributed by atoms with Crippen LogP contribution in [-0.2, 0) is 0 Å². The van der Waals surface area contributed by atoms with E-state index >= 15 is 0 Å². The van der Waals surface area contributed by atoms with Gasteiger partial charge in [-0.05, 0) is 23.8 Å². The number of ketones is 1. The maximum absolute atomic E-state index is 12.5. The third-order valence-electron chi connectivity index (χ3n) is 4.58. The molecule has 3 aromatic rings. The van der Waals surface area contributed by atoms with Crippen LogP contribution in [0.2, 0.25) is 0 Å². The molecule has 2 unspecified atom stereocenters. The topological polar surface area (TPSA) is 71.3 Å². The molecule has 1 aromatic heterocycles. The normalized spacial score (nSPS) is 20.0. The molecule has 2 aromatic carbocycles. The highest BCUT2D eigenvalue weighted by atomic mass is 16.4. The third-order valence-corrected chi connectivity index (χ3v) is 4.58. The molecule has 4 rings (SSSR count). The molecule has 1 fully saturated rings. The molecule has 2 atom stereocenters. The van der Waals surface area contributed by atoms with Gasteiger partial charge in [0.15, 0.2) is 5.78 Å². The Labute approximate surface area is 150 Å². The zero-order valence-electron chi connectivity index (χ0n) is 14.0. The molecule has 0 bridgehead atoms. The van der Waals surface area contributed by atoms with Gasteiger partial charge in [0, 0.05) is 17.8 Å². The molecule has 2 heterocycles. The molecule has 0 amide bonds. The van der Waals surface area contributed by atoms with Gasteiger partial charge in [-0.15, -0.1) is 0 Å². The molecule has 5 nitrogen and oxygen atoms in total. The van der Waals surface area contributed by atoms with Crippen molar-refractivity contribution in [2.45, 2.75) is 6.04 Å². The zero-order valence-corrected chi connectivity index (χ0v) is 14.0. The Bertz CT molecular complexity index is 1020. The number of hydrogen-bond donors (Lipinski definition) is 2. The smallest absolute Gasteiger partial charge is 0.347 e. The summed E-state index contributed by atoms with van der Waals surface area (Å²) >= 11 is 0. The summed E-state index contributed by atoms with van der Waals surface area (Å²) < 4.78 is 5.24. The molecule has 0 spiro atoms. The SMILES string of the molecule is O=C(/C=C/C1CNNC1c1ccccc1)c1cc2ccccc2oc1=O. The van der Waals surface area contributed by atoms with Gasteiger partial charge < -0.3 is 4.42 Å². The van der Waals surface area contributed by atoms with Gasteiger partial charge in [0.05, 0.1) is 6.04 Å². The van der Waals surface area contributed by atoms with Crippen LogP contribution in [0.15, 0.2) is 82.0 Å². The number of para-hydroxylation sites is 1. The van der Waals surface area contributed by atoms with E-state index in [9.17, 15) is 9.59 Å². The van der Waals surface area contributed by atoms with Crippen molar-refractivity contribution in [3.63, 3.8) is 0 Å². The van der Waals surface area contributed by atoms with E-state index in [0.29, 0.717) is 12.1 Å². The molecule has 1 saturated heterocycles. The first-order valence-corrected chi connectivity index (χ1v) is 8.51. The van der Waals surface area contributed by atoms with E-state index in [1.54, 1.807) is 18.2 Å². The standard InChI is InChI=1S/C21H18N2O3/c24-18(17-12-15-8-4-5-9-19(15)26-21(17)25)11-10-16-13-22-23-20(16)14-6-2-1-3-7-14/h1-12,16,20,22-23H,13H2/b11-10+. The van der Waals surface area contributed by atoms with Crippen molar-refractivity contribution < 1.29 is 9.21 Å². The van der Waals surface area contributed by atoms with E-state index < -0.39 is 5.63 Å². The van der Waals surface area contributed by atoms with E-state index in [4.69, 9.17) is 4.42 Å². The predicted octanol–water partition coefficient (Wildman–Crippen LogP) is 3.00. The maximum atomic E-state index is 12.5. The summed E-state index contributed by atoms with van der Waals surface area (Å²) in [7, 11) is 0. The number of benzene rings is 2. The van der Waals surface area contributed by atoms with Gasteiger partial charge in [-0.1, -0.05) is 54.6 Å². The Balaban J connectivity index is 1.58. The highest BCUT2D eigenvalue weighted by Gasteiger charge is 2.26. The molecule has 0 aliphatic carbocycles. The summed E-state index contributed by atoms with van der Waals surface area (Å²) in [6.45, 7) is 0.704. The molecule has 1 aliphatic rings. The lowest BCUT2D eigenvalue weighted by molar-refractivity contribution is 0.104. The van der Waals surface area contributed by atoms with Gasteiger partial charge in [-0.25, -0.2) is 10.2 Å². The fraction of sp³-hybridized carbons (Fsp3) is 0.143. The van der Waals surface area contributed by atoms with Crippen LogP contribution in [0.4, 0.5) is 0 Å².